The summed E-state index contributed by atoms with van der Waals surface area (Å²) in [6.45, 7) is 1.85. The van der Waals surface area contributed by atoms with Gasteiger partial charge in [0.05, 0.1) is 4.92 Å². The molecule has 1 aromatic heterocycles. The number of carbonyl (C=O) groups excluding carboxylic acids is 2. The van der Waals surface area contributed by atoms with Gasteiger partial charge in [-0.1, -0.05) is 11.6 Å². The van der Waals surface area contributed by atoms with Crippen molar-refractivity contribution in [1.82, 2.24) is 4.57 Å². The maximum Gasteiger partial charge on any atom is 0.387 e. The van der Waals surface area contributed by atoms with Gasteiger partial charge in [0, 0.05) is 33.7 Å². The Kier molecular flexibility index (Phi) is 7.31. The summed E-state index contributed by atoms with van der Waals surface area (Å²) in [6, 6.07) is 10.9. The Balaban J connectivity index is 1.84. The minimum Gasteiger partial charge on any atom is -0.450 e. The summed E-state index contributed by atoms with van der Waals surface area (Å²) >= 11 is 5.85. The summed E-state index contributed by atoms with van der Waals surface area (Å²) in [5, 5.41) is 11.3. The zero-order valence-electron chi connectivity index (χ0n) is 18.3. The van der Waals surface area contributed by atoms with Crippen LogP contribution in [0.3, 0.4) is 0 Å². The van der Waals surface area contributed by atoms with Crippen molar-refractivity contribution in [2.24, 2.45) is 0 Å². The number of Topliss-reactive ketones (excluding diaryl/α,β-unsaturated/α-hetero) is 1. The first-order valence-electron chi connectivity index (χ1n) is 9.93. The van der Waals surface area contributed by atoms with Gasteiger partial charge in [-0.15, -0.1) is 0 Å². The van der Waals surface area contributed by atoms with Crippen molar-refractivity contribution in [2.75, 3.05) is 0 Å². The topological polar surface area (TPSA) is 101 Å². The fourth-order valence-electron chi connectivity index (χ4n) is 3.51. The van der Waals surface area contributed by atoms with Crippen LogP contribution in [0.2, 0.25) is 5.02 Å². The SMILES string of the molecule is Cc1cc(C(=O)C(C)OC(=O)c2cc(Cl)ccc2[N+](=O)[O-])c(C)n1-c1ccc(OC(F)F)cc1. The van der Waals surface area contributed by atoms with Gasteiger partial charge in [0.1, 0.15) is 11.3 Å². The van der Waals surface area contributed by atoms with Crippen LogP contribution < -0.4 is 4.74 Å². The van der Waals surface area contributed by atoms with Gasteiger partial charge in [0.25, 0.3) is 5.69 Å². The Bertz CT molecular complexity index is 1260. The number of aromatic nitrogens is 1. The monoisotopic (exact) mass is 492 g/mol. The Hall–Kier alpha value is -3.79. The van der Waals surface area contributed by atoms with E-state index >= 15 is 0 Å². The normalized spacial score (nSPS) is 11.9. The number of ether oxygens (including phenoxy) is 2. The lowest BCUT2D eigenvalue weighted by Crippen LogP contribution is -2.25. The Morgan fingerprint density at radius 3 is 2.29 bits per heavy atom. The average Bonchev–Trinajstić information content (AvgIpc) is 3.06. The van der Waals surface area contributed by atoms with Crippen LogP contribution in [0.5, 0.6) is 5.75 Å². The molecule has 178 valence electrons. The Morgan fingerprint density at radius 1 is 1.06 bits per heavy atom. The molecule has 0 aliphatic carbocycles. The predicted molar refractivity (Wildman–Crippen MR) is 119 cm³/mol. The second-order valence-corrected chi connectivity index (χ2v) is 7.76. The molecule has 0 aliphatic rings. The van der Waals surface area contributed by atoms with E-state index < -0.39 is 35.1 Å². The van der Waals surface area contributed by atoms with Crippen molar-refractivity contribution in [3.63, 3.8) is 0 Å². The Labute approximate surface area is 197 Å². The van der Waals surface area contributed by atoms with Crippen LogP contribution in [0.15, 0.2) is 48.5 Å². The molecule has 3 aromatic rings. The van der Waals surface area contributed by atoms with Gasteiger partial charge < -0.3 is 14.0 Å². The van der Waals surface area contributed by atoms with Gasteiger partial charge in [0.15, 0.2) is 6.10 Å². The van der Waals surface area contributed by atoms with Crippen LogP contribution in [-0.2, 0) is 4.74 Å². The number of hydrogen-bond donors (Lipinski definition) is 0. The van der Waals surface area contributed by atoms with E-state index in [-0.39, 0.29) is 21.9 Å². The number of nitro groups is 1. The van der Waals surface area contributed by atoms with Crippen molar-refractivity contribution < 1.29 is 32.8 Å². The fraction of sp³-hybridized carbons (Fsp3) is 0.217. The standard InChI is InChI=1S/C23H19ClF2N2O6/c1-12-10-18(13(2)27(12)16-5-7-17(8-6-16)34-23(25)26)21(29)14(3)33-22(30)19-11-15(24)4-9-20(19)28(31)32/h4-11,14,23H,1-3H3. The Morgan fingerprint density at radius 2 is 1.71 bits per heavy atom. The molecule has 2 aromatic carbocycles. The lowest BCUT2D eigenvalue weighted by molar-refractivity contribution is -0.385. The number of esters is 1. The van der Waals surface area contributed by atoms with Gasteiger partial charge in [-0.25, -0.2) is 4.79 Å². The molecule has 0 fully saturated rings. The predicted octanol–water partition coefficient (Wildman–Crippen LogP) is 5.69. The molecule has 1 heterocycles. The van der Waals surface area contributed by atoms with Crippen LogP contribution >= 0.6 is 11.6 Å². The minimum atomic E-state index is -2.94. The number of nitro benzene ring substituents is 1. The molecule has 8 nitrogen and oxygen atoms in total. The van der Waals surface area contributed by atoms with E-state index in [9.17, 15) is 28.5 Å². The van der Waals surface area contributed by atoms with Crippen LogP contribution in [0.1, 0.15) is 39.0 Å². The number of halogens is 3. The third-order valence-corrected chi connectivity index (χ3v) is 5.28. The summed E-state index contributed by atoms with van der Waals surface area (Å²) in [7, 11) is 0. The summed E-state index contributed by atoms with van der Waals surface area (Å²) in [5.41, 5.74) is 1.22. The van der Waals surface area contributed by atoms with Gasteiger partial charge in [0.2, 0.25) is 5.78 Å². The van der Waals surface area contributed by atoms with Crippen LogP contribution in [0.4, 0.5) is 14.5 Å². The van der Waals surface area contributed by atoms with Gasteiger partial charge in [-0.3, -0.25) is 14.9 Å². The molecule has 0 spiro atoms. The van der Waals surface area contributed by atoms with Crippen LogP contribution in [0.25, 0.3) is 5.69 Å². The number of benzene rings is 2. The zero-order chi connectivity index (χ0) is 25.2. The molecule has 0 radical (unpaired) electrons. The van der Waals surface area contributed by atoms with E-state index in [0.717, 1.165) is 12.1 Å². The molecule has 0 amide bonds. The molecule has 0 saturated carbocycles. The number of nitrogens with zero attached hydrogens (tertiary/aromatic N) is 2. The quantitative estimate of drug-likeness (QED) is 0.173. The second kappa shape index (κ2) is 10.0. The zero-order valence-corrected chi connectivity index (χ0v) is 19.0. The van der Waals surface area contributed by atoms with E-state index in [1.165, 1.54) is 25.1 Å². The molecule has 3 rings (SSSR count). The van der Waals surface area contributed by atoms with E-state index in [2.05, 4.69) is 4.74 Å². The highest BCUT2D eigenvalue weighted by molar-refractivity contribution is 6.31. The number of rotatable bonds is 8. The highest BCUT2D eigenvalue weighted by Gasteiger charge is 2.28. The molecule has 0 saturated heterocycles. The molecule has 0 N–H and O–H groups in total. The maximum atomic E-state index is 13.0. The van der Waals surface area contributed by atoms with E-state index in [0.29, 0.717) is 17.1 Å². The summed E-state index contributed by atoms with van der Waals surface area (Å²) in [6.07, 6.45) is -1.25. The summed E-state index contributed by atoms with van der Waals surface area (Å²) in [5.74, 6) is -1.58. The molecule has 11 heteroatoms. The summed E-state index contributed by atoms with van der Waals surface area (Å²) < 4.78 is 36.1. The average molecular weight is 493 g/mol. The molecule has 0 bridgehead atoms. The number of aryl methyl sites for hydroxylation is 1. The van der Waals surface area contributed by atoms with Crippen molar-refractivity contribution in [1.29, 1.82) is 0 Å². The fourth-order valence-corrected chi connectivity index (χ4v) is 3.69. The number of hydrogen-bond acceptors (Lipinski definition) is 6. The van der Waals surface area contributed by atoms with Crippen molar-refractivity contribution in [2.45, 2.75) is 33.5 Å². The number of carbonyl (C=O) groups is 2. The van der Waals surface area contributed by atoms with E-state index in [1.54, 1.807) is 36.6 Å². The molecule has 1 atom stereocenters. The number of alkyl halides is 2. The van der Waals surface area contributed by atoms with E-state index in [4.69, 9.17) is 16.3 Å². The van der Waals surface area contributed by atoms with Crippen molar-refractivity contribution >= 4 is 29.0 Å². The third kappa shape index (κ3) is 5.23. The second-order valence-electron chi connectivity index (χ2n) is 7.32. The summed E-state index contributed by atoms with van der Waals surface area (Å²) in [4.78, 5) is 36.1. The molecular weight excluding hydrogens is 474 g/mol. The van der Waals surface area contributed by atoms with Gasteiger partial charge in [-0.05, 0) is 63.2 Å². The molecule has 0 aliphatic heterocycles. The first kappa shape index (κ1) is 24.8. The molecule has 1 unspecified atom stereocenters. The van der Waals surface area contributed by atoms with Crippen LogP contribution in [0, 0.1) is 24.0 Å². The first-order chi connectivity index (χ1) is 16.0. The van der Waals surface area contributed by atoms with Crippen molar-refractivity contribution in [3.05, 3.63) is 86.2 Å². The van der Waals surface area contributed by atoms with E-state index in [1.807, 2.05) is 0 Å². The molecular formula is C23H19ClF2N2O6. The molecule has 34 heavy (non-hydrogen) atoms. The van der Waals surface area contributed by atoms with Gasteiger partial charge >= 0.3 is 12.6 Å². The minimum absolute atomic E-state index is 0.00634. The van der Waals surface area contributed by atoms with Crippen LogP contribution in [-0.4, -0.2) is 34.0 Å². The lowest BCUT2D eigenvalue weighted by Gasteiger charge is -2.14. The largest absolute Gasteiger partial charge is 0.450 e. The lowest BCUT2D eigenvalue weighted by atomic mass is 10.1. The first-order valence-corrected chi connectivity index (χ1v) is 10.3. The third-order valence-electron chi connectivity index (χ3n) is 5.04. The van der Waals surface area contributed by atoms with Gasteiger partial charge in [-0.2, -0.15) is 8.78 Å². The highest BCUT2D eigenvalue weighted by Crippen LogP contribution is 2.27. The maximum absolute atomic E-state index is 13.0. The smallest absolute Gasteiger partial charge is 0.387 e. The number of ketones is 1. The highest BCUT2D eigenvalue weighted by atomic mass is 35.5. The van der Waals surface area contributed by atoms with Crippen molar-refractivity contribution in [3.8, 4) is 11.4 Å².